The van der Waals surface area contributed by atoms with Crippen LogP contribution in [0.2, 0.25) is 0 Å². The van der Waals surface area contributed by atoms with Crippen LogP contribution in [0.3, 0.4) is 0 Å². The molecule has 0 heterocycles. The van der Waals surface area contributed by atoms with Crippen LogP contribution in [0.25, 0.3) is 0 Å². The van der Waals surface area contributed by atoms with E-state index >= 15 is 0 Å². The molecular formula is C67H122O6. The van der Waals surface area contributed by atoms with E-state index in [1.807, 2.05) is 0 Å². The zero-order chi connectivity index (χ0) is 52.9. The SMILES string of the molecule is CCCCC/C=C\C/C=C\C/C=C\C/C=C\CCCC(=O)OC[C@H](COC(=O)CCCCCCCCCCCCCCCCCCCCCCC)OC(=O)CCCCCCCCCCCCCCCCCCC. The number of ether oxygens (including phenoxy) is 3. The van der Waals surface area contributed by atoms with E-state index in [2.05, 4.69) is 69.4 Å². The van der Waals surface area contributed by atoms with Crippen molar-refractivity contribution in [3.05, 3.63) is 48.6 Å². The Kier molecular flexibility index (Phi) is 59.7. The smallest absolute Gasteiger partial charge is 0.306 e. The molecule has 0 aromatic heterocycles. The molecule has 0 unspecified atom stereocenters. The van der Waals surface area contributed by atoms with Gasteiger partial charge in [0.1, 0.15) is 13.2 Å². The van der Waals surface area contributed by atoms with Crippen molar-refractivity contribution in [2.45, 2.75) is 348 Å². The third-order valence-electron chi connectivity index (χ3n) is 14.3. The Hall–Kier alpha value is -2.63. The summed E-state index contributed by atoms with van der Waals surface area (Å²) in [5, 5.41) is 0. The molecule has 1 atom stereocenters. The first-order chi connectivity index (χ1) is 36.0. The average Bonchev–Trinajstić information content (AvgIpc) is 3.39. The van der Waals surface area contributed by atoms with Gasteiger partial charge >= 0.3 is 17.9 Å². The molecule has 0 aliphatic carbocycles. The first-order valence-corrected chi connectivity index (χ1v) is 32.1. The van der Waals surface area contributed by atoms with Crippen molar-refractivity contribution in [1.82, 2.24) is 0 Å². The van der Waals surface area contributed by atoms with Crippen molar-refractivity contribution >= 4 is 17.9 Å². The molecular weight excluding hydrogens is 901 g/mol. The summed E-state index contributed by atoms with van der Waals surface area (Å²) in [6.07, 6.45) is 76.9. The number of rotatable bonds is 59. The van der Waals surface area contributed by atoms with E-state index in [4.69, 9.17) is 14.2 Å². The van der Waals surface area contributed by atoms with Crippen LogP contribution in [0.5, 0.6) is 0 Å². The predicted molar refractivity (Wildman–Crippen MR) is 316 cm³/mol. The normalized spacial score (nSPS) is 12.3. The third-order valence-corrected chi connectivity index (χ3v) is 14.3. The summed E-state index contributed by atoms with van der Waals surface area (Å²) >= 11 is 0. The van der Waals surface area contributed by atoms with Gasteiger partial charge in [0, 0.05) is 19.3 Å². The van der Waals surface area contributed by atoms with Gasteiger partial charge in [-0.3, -0.25) is 14.4 Å². The van der Waals surface area contributed by atoms with Gasteiger partial charge in [-0.25, -0.2) is 0 Å². The number of carbonyl (C=O) groups excluding carboxylic acids is 3. The molecule has 0 aromatic carbocycles. The first kappa shape index (κ1) is 70.4. The van der Waals surface area contributed by atoms with E-state index in [1.54, 1.807) is 0 Å². The topological polar surface area (TPSA) is 78.9 Å². The number of unbranched alkanes of at least 4 members (excludes halogenated alkanes) is 40. The molecule has 0 radical (unpaired) electrons. The Morgan fingerprint density at radius 2 is 0.507 bits per heavy atom. The van der Waals surface area contributed by atoms with Crippen LogP contribution in [0, 0.1) is 0 Å². The molecule has 0 bridgehead atoms. The van der Waals surface area contributed by atoms with Crippen LogP contribution in [-0.2, 0) is 28.6 Å². The van der Waals surface area contributed by atoms with E-state index in [1.165, 1.54) is 231 Å². The molecule has 0 fully saturated rings. The fourth-order valence-corrected chi connectivity index (χ4v) is 9.50. The largest absolute Gasteiger partial charge is 0.462 e. The summed E-state index contributed by atoms with van der Waals surface area (Å²) in [6, 6.07) is 0. The maximum absolute atomic E-state index is 12.9. The summed E-state index contributed by atoms with van der Waals surface area (Å²) < 4.78 is 16.9. The van der Waals surface area contributed by atoms with Gasteiger partial charge in [0.05, 0.1) is 0 Å². The molecule has 0 aliphatic heterocycles. The number of allylic oxidation sites excluding steroid dienone is 8. The number of hydrogen-bond donors (Lipinski definition) is 0. The van der Waals surface area contributed by atoms with Crippen LogP contribution >= 0.6 is 0 Å². The molecule has 6 nitrogen and oxygen atoms in total. The Morgan fingerprint density at radius 1 is 0.274 bits per heavy atom. The van der Waals surface area contributed by atoms with Crippen molar-refractivity contribution in [2.24, 2.45) is 0 Å². The van der Waals surface area contributed by atoms with Crippen LogP contribution in [0.4, 0.5) is 0 Å². The highest BCUT2D eigenvalue weighted by molar-refractivity contribution is 5.71. The fourth-order valence-electron chi connectivity index (χ4n) is 9.50. The molecule has 0 rings (SSSR count). The summed E-state index contributed by atoms with van der Waals surface area (Å²) in [5.41, 5.74) is 0. The summed E-state index contributed by atoms with van der Waals surface area (Å²) in [7, 11) is 0. The van der Waals surface area contributed by atoms with E-state index in [0.717, 1.165) is 64.2 Å². The van der Waals surface area contributed by atoms with Crippen molar-refractivity contribution in [3.63, 3.8) is 0 Å². The molecule has 0 N–H and O–H groups in total. The summed E-state index contributed by atoms with van der Waals surface area (Å²) in [4.78, 5) is 38.3. The highest BCUT2D eigenvalue weighted by atomic mass is 16.6. The van der Waals surface area contributed by atoms with Crippen molar-refractivity contribution in [1.29, 1.82) is 0 Å². The lowest BCUT2D eigenvalue weighted by Crippen LogP contribution is -2.30. The van der Waals surface area contributed by atoms with Gasteiger partial charge in [-0.1, -0.05) is 313 Å². The molecule has 6 heteroatoms. The molecule has 0 amide bonds. The van der Waals surface area contributed by atoms with Crippen LogP contribution < -0.4 is 0 Å². The van der Waals surface area contributed by atoms with E-state index in [0.29, 0.717) is 19.3 Å². The zero-order valence-corrected chi connectivity index (χ0v) is 48.9. The molecule has 0 saturated heterocycles. The van der Waals surface area contributed by atoms with E-state index in [9.17, 15) is 14.4 Å². The van der Waals surface area contributed by atoms with Gasteiger partial charge in [0.2, 0.25) is 0 Å². The Balaban J connectivity index is 4.37. The van der Waals surface area contributed by atoms with Crippen LogP contribution in [0.1, 0.15) is 342 Å². The second kappa shape index (κ2) is 61.9. The minimum Gasteiger partial charge on any atom is -0.462 e. The summed E-state index contributed by atoms with van der Waals surface area (Å²) in [6.45, 7) is 6.63. The number of hydrogen-bond acceptors (Lipinski definition) is 6. The number of esters is 3. The Morgan fingerprint density at radius 3 is 0.822 bits per heavy atom. The maximum Gasteiger partial charge on any atom is 0.306 e. The maximum atomic E-state index is 12.9. The second-order valence-corrected chi connectivity index (χ2v) is 21.7. The lowest BCUT2D eigenvalue weighted by Gasteiger charge is -2.18. The minimum absolute atomic E-state index is 0.0849. The lowest BCUT2D eigenvalue weighted by atomic mass is 10.0. The zero-order valence-electron chi connectivity index (χ0n) is 48.9. The van der Waals surface area contributed by atoms with Crippen molar-refractivity contribution in [2.75, 3.05) is 13.2 Å². The highest BCUT2D eigenvalue weighted by Crippen LogP contribution is 2.18. The molecule has 426 valence electrons. The van der Waals surface area contributed by atoms with Gasteiger partial charge in [-0.2, -0.15) is 0 Å². The first-order valence-electron chi connectivity index (χ1n) is 32.1. The Bertz CT molecular complexity index is 1270. The molecule has 73 heavy (non-hydrogen) atoms. The predicted octanol–water partition coefficient (Wildman–Crippen LogP) is 21.8. The Labute approximate surface area is 454 Å². The van der Waals surface area contributed by atoms with Gasteiger partial charge in [-0.15, -0.1) is 0 Å². The van der Waals surface area contributed by atoms with E-state index in [-0.39, 0.29) is 37.5 Å². The molecule has 0 spiro atoms. The monoisotopic (exact) mass is 1020 g/mol. The van der Waals surface area contributed by atoms with Gasteiger partial charge in [0.25, 0.3) is 0 Å². The van der Waals surface area contributed by atoms with Gasteiger partial charge in [-0.05, 0) is 57.8 Å². The van der Waals surface area contributed by atoms with E-state index < -0.39 is 6.10 Å². The standard InChI is InChI=1S/C67H122O6/c1-4-7-10-13-16-19-22-25-28-31-32-33-34-37-39-42-45-48-51-54-57-60-66(69)72-63-64(73-67(70)61-58-55-52-49-46-43-40-36-30-27-24-21-18-15-12-9-6-3)62-71-65(68)59-56-53-50-47-44-41-38-35-29-26-23-20-17-14-11-8-5-2/h17,20,26,29,38,41,47,50,64H,4-16,18-19,21-25,27-28,30-37,39-40,42-46,48-49,51-63H2,1-3H3/b20-17-,29-26-,41-38-,50-47-/t64-/m1/s1. The molecule has 0 aromatic rings. The van der Waals surface area contributed by atoms with Crippen LogP contribution in [-0.4, -0.2) is 37.2 Å². The van der Waals surface area contributed by atoms with Gasteiger partial charge < -0.3 is 14.2 Å². The number of carbonyl (C=O) groups is 3. The van der Waals surface area contributed by atoms with Crippen LogP contribution in [0.15, 0.2) is 48.6 Å². The quantitative estimate of drug-likeness (QED) is 0.0261. The molecule has 0 saturated carbocycles. The fraction of sp³-hybridized carbons (Fsp3) is 0.836. The van der Waals surface area contributed by atoms with Crippen molar-refractivity contribution < 1.29 is 28.6 Å². The summed E-state index contributed by atoms with van der Waals surface area (Å²) in [5.74, 6) is -0.920. The minimum atomic E-state index is -0.792. The highest BCUT2D eigenvalue weighted by Gasteiger charge is 2.19. The lowest BCUT2D eigenvalue weighted by molar-refractivity contribution is -0.167. The van der Waals surface area contributed by atoms with Crippen molar-refractivity contribution in [3.8, 4) is 0 Å². The second-order valence-electron chi connectivity index (χ2n) is 21.7. The molecule has 0 aliphatic rings. The van der Waals surface area contributed by atoms with Gasteiger partial charge in [0.15, 0.2) is 6.10 Å². The average molecular weight is 1020 g/mol. The third kappa shape index (κ3) is 60.1.